The lowest BCUT2D eigenvalue weighted by molar-refractivity contribution is -0.133. The Kier molecular flexibility index (Phi) is 5.74. The Hall–Kier alpha value is -1.59. The molecule has 1 aliphatic carbocycles. The van der Waals surface area contributed by atoms with Crippen LogP contribution in [-0.4, -0.2) is 66.2 Å². The first-order chi connectivity index (χ1) is 11.7. The van der Waals surface area contributed by atoms with Gasteiger partial charge in [0.2, 0.25) is 5.91 Å². The zero-order chi connectivity index (χ0) is 16.9. The highest BCUT2D eigenvalue weighted by Gasteiger charge is 2.33. The molecule has 0 radical (unpaired) electrons. The van der Waals surface area contributed by atoms with Crippen LogP contribution in [0.2, 0.25) is 0 Å². The predicted molar refractivity (Wildman–Crippen MR) is 93.1 cm³/mol. The molecule has 1 amide bonds. The maximum absolute atomic E-state index is 12.4. The third-order valence-electron chi connectivity index (χ3n) is 5.34. The quantitative estimate of drug-likeness (QED) is 0.891. The molecular weight excluding hydrogens is 304 g/mol. The van der Waals surface area contributed by atoms with E-state index in [1.807, 2.05) is 29.2 Å². The Bertz CT molecular complexity index is 555. The number of hydrogen-bond acceptors (Lipinski definition) is 4. The minimum absolute atomic E-state index is 0.180. The van der Waals surface area contributed by atoms with Crippen LogP contribution in [0.1, 0.15) is 31.2 Å². The van der Waals surface area contributed by atoms with Gasteiger partial charge in [0.25, 0.3) is 0 Å². The highest BCUT2D eigenvalue weighted by atomic mass is 16.5. The van der Waals surface area contributed by atoms with Gasteiger partial charge in [-0.05, 0) is 43.4 Å². The van der Waals surface area contributed by atoms with Crippen molar-refractivity contribution >= 4 is 5.91 Å². The fourth-order valence-corrected chi connectivity index (χ4v) is 3.89. The Morgan fingerprint density at radius 2 is 2.04 bits per heavy atom. The number of carbonyl (C=O) groups excluding carboxylic acids is 1. The number of aliphatic hydroxyl groups is 1. The van der Waals surface area contributed by atoms with E-state index in [1.165, 1.54) is 0 Å². The van der Waals surface area contributed by atoms with Crippen molar-refractivity contribution in [3.63, 3.8) is 0 Å². The van der Waals surface area contributed by atoms with E-state index in [4.69, 9.17) is 4.74 Å². The molecule has 5 nitrogen and oxygen atoms in total. The van der Waals surface area contributed by atoms with Crippen molar-refractivity contribution in [1.29, 1.82) is 0 Å². The van der Waals surface area contributed by atoms with Gasteiger partial charge in [0, 0.05) is 38.6 Å². The molecule has 1 saturated heterocycles. The maximum Gasteiger partial charge on any atom is 0.222 e. The highest BCUT2D eigenvalue weighted by Crippen LogP contribution is 2.25. The zero-order valence-electron chi connectivity index (χ0n) is 14.5. The summed E-state index contributed by atoms with van der Waals surface area (Å²) in [5.41, 5.74) is 1.13. The van der Waals surface area contributed by atoms with E-state index >= 15 is 0 Å². The van der Waals surface area contributed by atoms with Gasteiger partial charge in [-0.3, -0.25) is 9.69 Å². The molecule has 1 heterocycles. The molecule has 24 heavy (non-hydrogen) atoms. The first kappa shape index (κ1) is 17.2. The number of amides is 1. The molecule has 0 spiro atoms. The topological polar surface area (TPSA) is 53.0 Å². The maximum atomic E-state index is 12.4. The zero-order valence-corrected chi connectivity index (χ0v) is 14.5. The smallest absolute Gasteiger partial charge is 0.222 e. The monoisotopic (exact) mass is 332 g/mol. The summed E-state index contributed by atoms with van der Waals surface area (Å²) in [5.74, 6) is 1.06. The number of benzene rings is 1. The predicted octanol–water partition coefficient (Wildman–Crippen LogP) is 1.69. The summed E-state index contributed by atoms with van der Waals surface area (Å²) in [4.78, 5) is 16.8. The van der Waals surface area contributed by atoms with Gasteiger partial charge in [0.05, 0.1) is 13.2 Å². The van der Waals surface area contributed by atoms with Crippen molar-refractivity contribution in [3.8, 4) is 5.75 Å². The number of ether oxygens (including phenoxy) is 1. The number of rotatable bonds is 5. The molecule has 1 N–H and O–H groups in total. The van der Waals surface area contributed by atoms with Crippen molar-refractivity contribution < 1.29 is 14.6 Å². The van der Waals surface area contributed by atoms with E-state index in [9.17, 15) is 9.90 Å². The van der Waals surface area contributed by atoms with Gasteiger partial charge in [0.15, 0.2) is 0 Å². The van der Waals surface area contributed by atoms with Gasteiger partial charge < -0.3 is 14.7 Å². The van der Waals surface area contributed by atoms with E-state index in [0.29, 0.717) is 12.5 Å². The molecule has 2 aliphatic rings. The molecule has 1 saturated carbocycles. The van der Waals surface area contributed by atoms with Crippen LogP contribution in [0.25, 0.3) is 0 Å². The largest absolute Gasteiger partial charge is 0.497 e. The first-order valence-corrected chi connectivity index (χ1v) is 9.00. The third kappa shape index (κ3) is 4.08. The molecular formula is C19H28N2O3. The normalized spacial score (nSPS) is 25.0. The molecule has 132 valence electrons. The molecule has 1 aromatic carbocycles. The Morgan fingerprint density at radius 3 is 2.71 bits per heavy atom. The van der Waals surface area contributed by atoms with Crippen LogP contribution in [0, 0.1) is 0 Å². The van der Waals surface area contributed by atoms with Crippen molar-refractivity contribution in [2.45, 2.75) is 44.2 Å². The van der Waals surface area contributed by atoms with Crippen LogP contribution in [0.5, 0.6) is 5.75 Å². The molecule has 2 atom stereocenters. The Morgan fingerprint density at radius 1 is 1.25 bits per heavy atom. The summed E-state index contributed by atoms with van der Waals surface area (Å²) in [6, 6.07) is 8.22. The molecule has 0 unspecified atom stereocenters. The average molecular weight is 332 g/mol. The SMILES string of the molecule is COc1cccc(CCC(=O)N2CCN([C@H]3CCC[C@@H]3O)CC2)c1. The van der Waals surface area contributed by atoms with Crippen molar-refractivity contribution in [2.75, 3.05) is 33.3 Å². The summed E-state index contributed by atoms with van der Waals surface area (Å²) in [7, 11) is 1.66. The molecule has 0 aromatic heterocycles. The van der Waals surface area contributed by atoms with E-state index in [2.05, 4.69) is 4.90 Å². The lowest BCUT2D eigenvalue weighted by Gasteiger charge is -2.39. The highest BCUT2D eigenvalue weighted by molar-refractivity contribution is 5.76. The van der Waals surface area contributed by atoms with Gasteiger partial charge in [-0.1, -0.05) is 12.1 Å². The Labute approximate surface area is 144 Å². The lowest BCUT2D eigenvalue weighted by atomic mass is 10.1. The fourth-order valence-electron chi connectivity index (χ4n) is 3.89. The number of aliphatic hydroxyl groups excluding tert-OH is 1. The lowest BCUT2D eigenvalue weighted by Crippen LogP contribution is -2.53. The molecule has 2 fully saturated rings. The first-order valence-electron chi connectivity index (χ1n) is 9.00. The second-order valence-corrected chi connectivity index (χ2v) is 6.83. The van der Waals surface area contributed by atoms with Crippen LogP contribution in [0.4, 0.5) is 0 Å². The summed E-state index contributed by atoms with van der Waals surface area (Å²) in [6.45, 7) is 3.32. The summed E-state index contributed by atoms with van der Waals surface area (Å²) < 4.78 is 5.23. The van der Waals surface area contributed by atoms with E-state index < -0.39 is 0 Å². The summed E-state index contributed by atoms with van der Waals surface area (Å²) in [5, 5.41) is 10.0. The second-order valence-electron chi connectivity index (χ2n) is 6.83. The van der Waals surface area contributed by atoms with Gasteiger partial charge in [-0.2, -0.15) is 0 Å². The van der Waals surface area contributed by atoms with Crippen LogP contribution in [-0.2, 0) is 11.2 Å². The summed E-state index contributed by atoms with van der Waals surface area (Å²) >= 11 is 0. The number of hydrogen-bond donors (Lipinski definition) is 1. The number of methoxy groups -OCH3 is 1. The minimum Gasteiger partial charge on any atom is -0.497 e. The molecule has 3 rings (SSSR count). The standard InChI is InChI=1S/C19H28N2O3/c1-24-16-5-2-4-15(14-16)8-9-19(23)21-12-10-20(11-13-21)17-6-3-7-18(17)22/h2,4-5,14,17-18,22H,3,6-13H2,1H3/t17-,18-/m0/s1. The minimum atomic E-state index is -0.180. The second kappa shape index (κ2) is 7.99. The van der Waals surface area contributed by atoms with Gasteiger partial charge >= 0.3 is 0 Å². The fraction of sp³-hybridized carbons (Fsp3) is 0.632. The van der Waals surface area contributed by atoms with Crippen LogP contribution >= 0.6 is 0 Å². The number of nitrogens with zero attached hydrogens (tertiary/aromatic N) is 2. The Balaban J connectivity index is 1.45. The van der Waals surface area contributed by atoms with E-state index in [0.717, 1.165) is 63.2 Å². The van der Waals surface area contributed by atoms with Crippen LogP contribution in [0.3, 0.4) is 0 Å². The number of aryl methyl sites for hydroxylation is 1. The van der Waals surface area contributed by atoms with Crippen molar-refractivity contribution in [3.05, 3.63) is 29.8 Å². The molecule has 0 bridgehead atoms. The number of carbonyl (C=O) groups is 1. The van der Waals surface area contributed by atoms with E-state index in [-0.39, 0.29) is 12.0 Å². The van der Waals surface area contributed by atoms with Gasteiger partial charge in [-0.15, -0.1) is 0 Å². The van der Waals surface area contributed by atoms with Crippen LogP contribution < -0.4 is 4.74 Å². The third-order valence-corrected chi connectivity index (χ3v) is 5.34. The average Bonchev–Trinajstić information content (AvgIpc) is 3.06. The molecule has 1 aliphatic heterocycles. The molecule has 5 heteroatoms. The summed E-state index contributed by atoms with van der Waals surface area (Å²) in [6.07, 6.45) is 4.23. The van der Waals surface area contributed by atoms with Crippen molar-refractivity contribution in [1.82, 2.24) is 9.80 Å². The van der Waals surface area contributed by atoms with Gasteiger partial charge in [-0.25, -0.2) is 0 Å². The van der Waals surface area contributed by atoms with Gasteiger partial charge in [0.1, 0.15) is 5.75 Å². The van der Waals surface area contributed by atoms with Crippen molar-refractivity contribution in [2.24, 2.45) is 0 Å². The van der Waals surface area contributed by atoms with E-state index in [1.54, 1.807) is 7.11 Å². The molecule has 1 aromatic rings. The van der Waals surface area contributed by atoms with Crippen LogP contribution in [0.15, 0.2) is 24.3 Å². The number of piperazine rings is 1.